The second kappa shape index (κ2) is 7.74. The molecule has 1 aliphatic heterocycles. The summed E-state index contributed by atoms with van der Waals surface area (Å²) >= 11 is 0. The Labute approximate surface area is 153 Å². The van der Waals surface area contributed by atoms with Gasteiger partial charge in [0.15, 0.2) is 0 Å². The number of ether oxygens (including phenoxy) is 2. The third-order valence-corrected chi connectivity index (χ3v) is 4.84. The Kier molecular flexibility index (Phi) is 5.42. The van der Waals surface area contributed by atoms with Gasteiger partial charge in [0.25, 0.3) is 0 Å². The number of likely N-dealkylation sites (tertiary alicyclic amines) is 1. The summed E-state index contributed by atoms with van der Waals surface area (Å²) in [6, 6.07) is 10.5. The Bertz CT molecular complexity index is 771. The molecular weight excluding hydrogens is 332 g/mol. The van der Waals surface area contributed by atoms with Crippen LogP contribution in [0.3, 0.4) is 0 Å². The smallest absolute Gasteiger partial charge is 0.320 e. The highest BCUT2D eigenvalue weighted by Crippen LogP contribution is 2.43. The van der Waals surface area contributed by atoms with Crippen molar-refractivity contribution in [2.45, 2.75) is 31.8 Å². The first kappa shape index (κ1) is 18.2. The molecule has 2 atom stereocenters. The Morgan fingerprint density at radius 2 is 1.85 bits per heavy atom. The molecule has 0 bridgehead atoms. The van der Waals surface area contributed by atoms with E-state index in [1.807, 2.05) is 48.2 Å². The van der Waals surface area contributed by atoms with Crippen LogP contribution in [0.2, 0.25) is 0 Å². The summed E-state index contributed by atoms with van der Waals surface area (Å²) < 4.78 is 11.2. The van der Waals surface area contributed by atoms with Crippen molar-refractivity contribution in [1.29, 1.82) is 0 Å². The molecule has 2 aromatic rings. The van der Waals surface area contributed by atoms with Gasteiger partial charge in [0, 0.05) is 12.2 Å². The molecule has 1 saturated heterocycles. The van der Waals surface area contributed by atoms with Crippen LogP contribution in [-0.4, -0.2) is 47.8 Å². The standard InChI is InChI=1S/C20H24N2O4/c1-13-7-4-8-14(21-13)19(22-12-6-9-15(22)20(23)24)18-16(25-2)10-5-11-17(18)26-3/h4-5,7-8,10-11,15,19H,6,9,12H2,1-3H3,(H,23,24). The highest BCUT2D eigenvalue weighted by molar-refractivity contribution is 5.74. The Balaban J connectivity index is 2.21. The quantitative estimate of drug-likeness (QED) is 0.858. The van der Waals surface area contributed by atoms with Crippen molar-refractivity contribution in [3.63, 3.8) is 0 Å². The van der Waals surface area contributed by atoms with Gasteiger partial charge in [-0.25, -0.2) is 0 Å². The van der Waals surface area contributed by atoms with Gasteiger partial charge in [-0.3, -0.25) is 14.7 Å². The van der Waals surface area contributed by atoms with Crippen LogP contribution in [0.25, 0.3) is 0 Å². The molecule has 6 heteroatoms. The molecule has 1 aromatic heterocycles. The predicted octanol–water partition coefficient (Wildman–Crippen LogP) is 3.05. The predicted molar refractivity (Wildman–Crippen MR) is 97.7 cm³/mol. The number of aliphatic carboxylic acids is 1. The van der Waals surface area contributed by atoms with E-state index in [2.05, 4.69) is 0 Å². The monoisotopic (exact) mass is 356 g/mol. The molecule has 138 valence electrons. The summed E-state index contributed by atoms with van der Waals surface area (Å²) in [5.74, 6) is 0.511. The summed E-state index contributed by atoms with van der Waals surface area (Å²) in [6.07, 6.45) is 1.45. The topological polar surface area (TPSA) is 71.9 Å². The third kappa shape index (κ3) is 3.37. The number of hydrogen-bond acceptors (Lipinski definition) is 5. The van der Waals surface area contributed by atoms with E-state index in [-0.39, 0.29) is 6.04 Å². The zero-order chi connectivity index (χ0) is 18.7. The highest BCUT2D eigenvalue weighted by atomic mass is 16.5. The molecule has 0 aliphatic carbocycles. The van der Waals surface area contributed by atoms with Gasteiger partial charge in [-0.05, 0) is 44.0 Å². The molecule has 3 rings (SSSR count). The summed E-state index contributed by atoms with van der Waals surface area (Å²) in [7, 11) is 3.22. The van der Waals surface area contributed by atoms with Crippen molar-refractivity contribution in [2.24, 2.45) is 0 Å². The lowest BCUT2D eigenvalue weighted by atomic mass is 9.97. The van der Waals surface area contributed by atoms with E-state index in [9.17, 15) is 9.90 Å². The van der Waals surface area contributed by atoms with Crippen LogP contribution in [0.1, 0.15) is 35.8 Å². The van der Waals surface area contributed by atoms with E-state index in [1.54, 1.807) is 14.2 Å². The lowest BCUT2D eigenvalue weighted by Gasteiger charge is -2.33. The summed E-state index contributed by atoms with van der Waals surface area (Å²) in [5, 5.41) is 9.71. The van der Waals surface area contributed by atoms with Crippen molar-refractivity contribution in [3.8, 4) is 11.5 Å². The highest BCUT2D eigenvalue weighted by Gasteiger charge is 2.39. The number of pyridine rings is 1. The van der Waals surface area contributed by atoms with Crippen molar-refractivity contribution < 1.29 is 19.4 Å². The zero-order valence-electron chi connectivity index (χ0n) is 15.3. The number of carboxylic acids is 1. The minimum atomic E-state index is -0.811. The number of carbonyl (C=O) groups is 1. The van der Waals surface area contributed by atoms with Crippen molar-refractivity contribution in [3.05, 3.63) is 53.3 Å². The molecule has 0 radical (unpaired) electrons. The number of methoxy groups -OCH3 is 2. The fourth-order valence-corrected chi connectivity index (χ4v) is 3.71. The van der Waals surface area contributed by atoms with Crippen LogP contribution >= 0.6 is 0 Å². The van der Waals surface area contributed by atoms with E-state index in [0.29, 0.717) is 24.5 Å². The summed E-state index contributed by atoms with van der Waals surface area (Å²) in [4.78, 5) is 18.5. The van der Waals surface area contributed by atoms with E-state index >= 15 is 0 Å². The molecule has 1 fully saturated rings. The van der Waals surface area contributed by atoms with E-state index in [4.69, 9.17) is 14.5 Å². The Morgan fingerprint density at radius 3 is 2.42 bits per heavy atom. The van der Waals surface area contributed by atoms with Crippen LogP contribution < -0.4 is 9.47 Å². The first-order valence-corrected chi connectivity index (χ1v) is 8.69. The lowest BCUT2D eigenvalue weighted by molar-refractivity contribution is -0.142. The molecule has 0 spiro atoms. The maximum atomic E-state index is 11.8. The number of nitrogens with zero attached hydrogens (tertiary/aromatic N) is 2. The van der Waals surface area contributed by atoms with E-state index in [0.717, 1.165) is 23.4 Å². The molecule has 26 heavy (non-hydrogen) atoms. The molecular formula is C20H24N2O4. The van der Waals surface area contributed by atoms with Crippen molar-refractivity contribution in [2.75, 3.05) is 20.8 Å². The number of hydrogen-bond donors (Lipinski definition) is 1. The number of benzene rings is 1. The fourth-order valence-electron chi connectivity index (χ4n) is 3.71. The van der Waals surface area contributed by atoms with Crippen LogP contribution in [0, 0.1) is 6.92 Å². The SMILES string of the molecule is COc1cccc(OC)c1C(c1cccc(C)n1)N1CCCC1C(=O)O. The van der Waals surface area contributed by atoms with E-state index < -0.39 is 12.0 Å². The largest absolute Gasteiger partial charge is 0.496 e. The lowest BCUT2D eigenvalue weighted by Crippen LogP contribution is -2.39. The second-order valence-corrected chi connectivity index (χ2v) is 6.42. The van der Waals surface area contributed by atoms with Gasteiger partial charge >= 0.3 is 5.97 Å². The van der Waals surface area contributed by atoms with Gasteiger partial charge in [-0.15, -0.1) is 0 Å². The van der Waals surface area contributed by atoms with Crippen molar-refractivity contribution >= 4 is 5.97 Å². The molecule has 0 amide bonds. The maximum absolute atomic E-state index is 11.8. The molecule has 6 nitrogen and oxygen atoms in total. The average Bonchev–Trinajstić information content (AvgIpc) is 3.12. The summed E-state index contributed by atoms with van der Waals surface area (Å²) in [6.45, 7) is 2.61. The van der Waals surface area contributed by atoms with Gasteiger partial charge < -0.3 is 14.6 Å². The van der Waals surface area contributed by atoms with Gasteiger partial charge in [0.1, 0.15) is 17.5 Å². The van der Waals surface area contributed by atoms with Crippen molar-refractivity contribution in [1.82, 2.24) is 9.88 Å². The third-order valence-electron chi connectivity index (χ3n) is 4.84. The van der Waals surface area contributed by atoms with Gasteiger partial charge in [0.2, 0.25) is 0 Å². The van der Waals surface area contributed by atoms with E-state index in [1.165, 1.54) is 0 Å². The number of carboxylic acid groups (broad SMARTS) is 1. The molecule has 1 N–H and O–H groups in total. The summed E-state index contributed by atoms with van der Waals surface area (Å²) in [5.41, 5.74) is 2.48. The number of aromatic nitrogens is 1. The van der Waals surface area contributed by atoms with Crippen LogP contribution in [0.5, 0.6) is 11.5 Å². The molecule has 1 aliphatic rings. The van der Waals surface area contributed by atoms with Crippen LogP contribution in [-0.2, 0) is 4.79 Å². The number of rotatable bonds is 6. The first-order chi connectivity index (χ1) is 12.6. The molecule has 2 heterocycles. The Morgan fingerprint density at radius 1 is 1.19 bits per heavy atom. The average molecular weight is 356 g/mol. The van der Waals surface area contributed by atoms with Crippen LogP contribution in [0.4, 0.5) is 0 Å². The minimum absolute atomic E-state index is 0.357. The second-order valence-electron chi connectivity index (χ2n) is 6.42. The van der Waals surface area contributed by atoms with Gasteiger partial charge in [0.05, 0.1) is 31.5 Å². The van der Waals surface area contributed by atoms with Crippen LogP contribution in [0.15, 0.2) is 36.4 Å². The molecule has 2 unspecified atom stereocenters. The normalized spacial score (nSPS) is 18.5. The fraction of sp³-hybridized carbons (Fsp3) is 0.400. The first-order valence-electron chi connectivity index (χ1n) is 8.69. The Hall–Kier alpha value is -2.60. The zero-order valence-corrected chi connectivity index (χ0v) is 15.3. The van der Waals surface area contributed by atoms with Gasteiger partial charge in [-0.1, -0.05) is 12.1 Å². The molecule has 0 saturated carbocycles. The molecule has 1 aromatic carbocycles. The number of aryl methyl sites for hydroxylation is 1. The maximum Gasteiger partial charge on any atom is 0.320 e. The minimum Gasteiger partial charge on any atom is -0.496 e. The van der Waals surface area contributed by atoms with Gasteiger partial charge in [-0.2, -0.15) is 0 Å².